The van der Waals surface area contributed by atoms with Gasteiger partial charge in [0.15, 0.2) is 12.5 Å². The number of alkyl halides is 1. The summed E-state index contributed by atoms with van der Waals surface area (Å²) in [6, 6.07) is 0.0217. The van der Waals surface area contributed by atoms with Gasteiger partial charge in [0, 0.05) is 40.1 Å². The van der Waals surface area contributed by atoms with Crippen molar-refractivity contribution in [2.24, 2.45) is 17.6 Å². The van der Waals surface area contributed by atoms with Gasteiger partial charge in [0.05, 0.1) is 18.6 Å². The number of rotatable bonds is 14. The lowest BCUT2D eigenvalue weighted by molar-refractivity contribution is -0.425. The van der Waals surface area contributed by atoms with E-state index < -0.39 is 124 Å². The second-order valence-electron chi connectivity index (χ2n) is 11.0. The van der Waals surface area contributed by atoms with Crippen molar-refractivity contribution < 1.29 is 80.0 Å². The zero-order chi connectivity index (χ0) is 36.6. The van der Waals surface area contributed by atoms with Crippen molar-refractivity contribution in [2.75, 3.05) is 20.3 Å². The van der Waals surface area contributed by atoms with E-state index in [2.05, 4.69) is 4.74 Å². The second-order valence-corrected chi connectivity index (χ2v) is 15.4. The van der Waals surface area contributed by atoms with Gasteiger partial charge in [-0.05, 0) is 11.8 Å². The van der Waals surface area contributed by atoms with Crippen LogP contribution in [0.3, 0.4) is 0 Å². The molecule has 0 spiro atoms. The normalized spacial score (nSPS) is 35.2. The van der Waals surface area contributed by atoms with Crippen LogP contribution in [-0.4, -0.2) is 111 Å². The first-order chi connectivity index (χ1) is 22.7. The van der Waals surface area contributed by atoms with E-state index in [0.29, 0.717) is 0 Å². The van der Waals surface area contributed by atoms with E-state index in [1.165, 1.54) is 7.11 Å². The van der Waals surface area contributed by atoms with Crippen LogP contribution in [0.25, 0.3) is 0 Å². The molecule has 49 heavy (non-hydrogen) atoms. The maximum atomic E-state index is 15.4. The minimum Gasteiger partial charge on any atom is -0.463 e. The van der Waals surface area contributed by atoms with Crippen molar-refractivity contribution in [3.63, 3.8) is 0 Å². The molecule has 3 aliphatic rings. The summed E-state index contributed by atoms with van der Waals surface area (Å²) in [6.07, 6.45) is -10.2. The third-order valence-corrected chi connectivity index (χ3v) is 11.2. The molecule has 8 unspecified atom stereocenters. The zero-order valence-corrected chi connectivity index (χ0v) is 28.6. The number of carbonyl (C=O) groups excluding carboxylic acids is 3. The van der Waals surface area contributed by atoms with Crippen LogP contribution in [0.1, 0.15) is 27.0 Å². The number of nitrogens with two attached hydrogens (primary N) is 1. The van der Waals surface area contributed by atoms with Crippen molar-refractivity contribution >= 4 is 44.3 Å². The van der Waals surface area contributed by atoms with Crippen LogP contribution >= 0.6 is 14.5 Å². The number of carbonyl (C=O) groups is 3. The highest BCUT2D eigenvalue weighted by molar-refractivity contribution is 8.08. The predicted octanol–water partition coefficient (Wildman–Crippen LogP) is -1.80. The topological polar surface area (TPSA) is 293 Å². The van der Waals surface area contributed by atoms with Crippen LogP contribution < -0.4 is 17.0 Å². The van der Waals surface area contributed by atoms with Crippen molar-refractivity contribution in [3.8, 4) is 0 Å². The molecule has 25 heteroatoms. The molecule has 0 aromatic carbocycles. The number of aromatic nitrogens is 2. The highest BCUT2D eigenvalue weighted by Crippen LogP contribution is 2.66. The number of aliphatic hydroxyl groups is 1. The molecule has 0 bridgehead atoms. The molecule has 21 nitrogen and oxygen atoms in total. The molecule has 4 rings (SSSR count). The quantitative estimate of drug-likeness (QED) is 0.0793. The first-order valence-corrected chi connectivity index (χ1v) is 18.3. The number of methoxy groups -OCH3 is 1. The fourth-order valence-electron chi connectivity index (χ4n) is 5.86. The lowest BCUT2D eigenvalue weighted by Crippen LogP contribution is -2.66. The van der Waals surface area contributed by atoms with E-state index in [9.17, 15) is 43.4 Å². The Kier molecular flexibility index (Phi) is 12.0. The Morgan fingerprint density at radius 3 is 2.43 bits per heavy atom. The lowest BCUT2D eigenvalue weighted by atomic mass is 9.86. The zero-order valence-electron chi connectivity index (χ0n) is 26.0. The van der Waals surface area contributed by atoms with Gasteiger partial charge in [0.2, 0.25) is 5.79 Å². The summed E-state index contributed by atoms with van der Waals surface area (Å²) < 4.78 is 75.7. The molecule has 2 aliphatic heterocycles. The molecule has 13 atom stereocenters. The minimum atomic E-state index is -5.52. The predicted molar refractivity (Wildman–Crippen MR) is 158 cm³/mol. The monoisotopic (exact) mass is 765 g/mol. The van der Waals surface area contributed by atoms with Gasteiger partial charge in [-0.25, -0.2) is 18.1 Å². The van der Waals surface area contributed by atoms with Crippen LogP contribution in [0.5, 0.6) is 0 Å². The standard InChI is InChI=1S/C24H34FN3O18P2S/c1-9(29)39-7-12(25)15-18(33)19(41-10(2)30)16-22(44-24(15,16)43-11(3)31)45-47(35,36)46-48(37,49)40-8-13-17(26)20(38-4)21(42-13)28-6-5-14(32)27-23(28)34/h5-6,12-13,15-22,33H,7-8,26H2,1-4H3,(H,35,36)(H,37,49)(H,27,32,34)/t12-,13+,15?,16?,17+,18?,19?,20+,21+,22?,24?,48?/m0/s1. The van der Waals surface area contributed by atoms with E-state index in [1.807, 2.05) is 4.98 Å². The van der Waals surface area contributed by atoms with Gasteiger partial charge < -0.3 is 53.6 Å². The summed E-state index contributed by atoms with van der Waals surface area (Å²) in [4.78, 5) is 82.0. The highest BCUT2D eigenvalue weighted by Gasteiger charge is 2.78. The first-order valence-electron chi connectivity index (χ1n) is 14.2. The summed E-state index contributed by atoms with van der Waals surface area (Å²) in [5.74, 6) is -8.93. The number of phosphoric acid groups is 1. The van der Waals surface area contributed by atoms with Gasteiger partial charge in [-0.1, -0.05) is 0 Å². The summed E-state index contributed by atoms with van der Waals surface area (Å²) in [5, 5.41) is 11.0. The number of aliphatic hydroxyl groups excluding tert-OH is 1. The molecule has 0 radical (unpaired) electrons. The smallest absolute Gasteiger partial charge is 0.463 e. The van der Waals surface area contributed by atoms with Gasteiger partial charge in [-0.2, -0.15) is 0 Å². The Morgan fingerprint density at radius 1 is 1.18 bits per heavy atom. The number of nitrogens with zero attached hydrogens (tertiary/aromatic N) is 1. The van der Waals surface area contributed by atoms with E-state index in [0.717, 1.165) is 37.6 Å². The number of fused-ring (bicyclic) bond motifs is 1. The minimum absolute atomic E-state index is 0.674. The van der Waals surface area contributed by atoms with Crippen LogP contribution in [0.4, 0.5) is 4.39 Å². The number of hydrogen-bond acceptors (Lipinski definition) is 18. The molecule has 0 amide bonds. The van der Waals surface area contributed by atoms with Crippen molar-refractivity contribution in [2.45, 2.75) is 75.7 Å². The number of esters is 3. The van der Waals surface area contributed by atoms with Crippen molar-refractivity contribution in [1.29, 1.82) is 0 Å². The maximum absolute atomic E-state index is 15.4. The van der Waals surface area contributed by atoms with E-state index in [-0.39, 0.29) is 0 Å². The number of halogens is 1. The fraction of sp³-hybridized carbons (Fsp3) is 0.708. The Bertz CT molecular complexity index is 1650. The van der Waals surface area contributed by atoms with Crippen LogP contribution in [0.2, 0.25) is 0 Å². The highest BCUT2D eigenvalue weighted by atomic mass is 32.5. The molecule has 276 valence electrons. The van der Waals surface area contributed by atoms with Crippen molar-refractivity contribution in [3.05, 3.63) is 33.1 Å². The molecule has 1 aromatic rings. The number of aromatic amines is 1. The number of nitrogens with one attached hydrogen (secondary N) is 1. The van der Waals surface area contributed by atoms with Crippen molar-refractivity contribution in [1.82, 2.24) is 9.55 Å². The third-order valence-electron chi connectivity index (χ3n) is 7.67. The summed E-state index contributed by atoms with van der Waals surface area (Å²) in [7, 11) is -4.25. The average molecular weight is 766 g/mol. The van der Waals surface area contributed by atoms with Crippen LogP contribution in [0.15, 0.2) is 21.9 Å². The van der Waals surface area contributed by atoms with Crippen LogP contribution in [0, 0.1) is 11.8 Å². The number of hydrogen-bond donors (Lipinski definition) is 5. The molecule has 1 saturated carbocycles. The Labute approximate surface area is 280 Å². The summed E-state index contributed by atoms with van der Waals surface area (Å²) in [6.45, 7) is -3.51. The Balaban J connectivity index is 1.47. The molecular weight excluding hydrogens is 731 g/mol. The fourth-order valence-corrected chi connectivity index (χ4v) is 8.96. The van der Waals surface area contributed by atoms with Gasteiger partial charge in [0.1, 0.15) is 43.1 Å². The molecule has 6 N–H and O–H groups in total. The second kappa shape index (κ2) is 15.0. The first kappa shape index (κ1) is 39.3. The number of phosphoric ester groups is 1. The third kappa shape index (κ3) is 8.52. The molecular formula is C24H34FN3O18P2S. The van der Waals surface area contributed by atoms with Gasteiger partial charge >= 0.3 is 38.1 Å². The van der Waals surface area contributed by atoms with Gasteiger partial charge in [-0.3, -0.25) is 33.3 Å². The molecule has 3 heterocycles. The van der Waals surface area contributed by atoms with Crippen LogP contribution in [-0.2, 0) is 72.5 Å². The average Bonchev–Trinajstić information content (AvgIpc) is 3.35. The molecule has 1 aliphatic carbocycles. The van der Waals surface area contributed by atoms with Gasteiger partial charge in [0.25, 0.3) is 5.56 Å². The van der Waals surface area contributed by atoms with Gasteiger partial charge in [-0.15, -0.1) is 0 Å². The largest absolute Gasteiger partial charge is 0.481 e. The Hall–Kier alpha value is -2.50. The number of H-pyrrole nitrogens is 1. The van der Waals surface area contributed by atoms with E-state index >= 15 is 4.39 Å². The lowest BCUT2D eigenvalue weighted by Gasteiger charge is -2.51. The van der Waals surface area contributed by atoms with E-state index in [1.54, 1.807) is 0 Å². The Morgan fingerprint density at radius 2 is 1.86 bits per heavy atom. The molecule has 1 aromatic heterocycles. The van der Waals surface area contributed by atoms with E-state index in [4.69, 9.17) is 54.6 Å². The summed E-state index contributed by atoms with van der Waals surface area (Å²) >= 11 is 4.84. The molecule has 2 saturated heterocycles. The SMILES string of the molecule is CO[C@@H]1[C@H](N)[C@@H](COP(O)(=S)OP(=O)(O)OC2OC3(OC(C)=O)C2C(OC(C)=O)C(O)C3[C@@H](F)COC(C)=O)O[C@H]1n1ccc(=O)[nH]c1=O. The number of ether oxygens (including phenoxy) is 6. The molecule has 3 fully saturated rings. The summed E-state index contributed by atoms with van der Waals surface area (Å²) in [5.41, 5.74) is 4.64. The maximum Gasteiger partial charge on any atom is 0.481 e.